The van der Waals surface area contributed by atoms with Crippen molar-refractivity contribution in [2.24, 2.45) is 0 Å². The number of nitrogens with zero attached hydrogens (tertiary/aromatic N) is 2. The Hall–Kier alpha value is -2.79. The highest BCUT2D eigenvalue weighted by atomic mass is 32.2. The molecule has 4 nitrogen and oxygen atoms in total. The number of hydrogen-bond donors (Lipinski definition) is 1. The normalized spacial score (nSPS) is 11.3. The van der Waals surface area contributed by atoms with Gasteiger partial charge in [0.25, 0.3) is 0 Å². The van der Waals surface area contributed by atoms with Gasteiger partial charge < -0.3 is 9.51 Å². The van der Waals surface area contributed by atoms with E-state index in [9.17, 15) is 4.79 Å². The quantitative estimate of drug-likeness (QED) is 0.363. The molecule has 0 aliphatic heterocycles. The van der Waals surface area contributed by atoms with Gasteiger partial charge in [0.2, 0.25) is 0 Å². The van der Waals surface area contributed by atoms with Crippen LogP contribution in [0.4, 0.5) is 0 Å². The van der Waals surface area contributed by atoms with Crippen LogP contribution in [-0.2, 0) is 11.2 Å². The van der Waals surface area contributed by atoms with Crippen LogP contribution < -0.4 is 0 Å². The number of imidazole rings is 1. The molecule has 0 atom stereocenters. The van der Waals surface area contributed by atoms with Crippen molar-refractivity contribution in [1.29, 1.82) is 0 Å². The smallest absolute Gasteiger partial charge is 0.303 e. The maximum absolute atomic E-state index is 10.8. The van der Waals surface area contributed by atoms with Crippen molar-refractivity contribution in [3.8, 4) is 0 Å². The second-order valence-electron chi connectivity index (χ2n) is 6.45. The third-order valence-corrected chi connectivity index (χ3v) is 5.70. The minimum atomic E-state index is -0.749. The van der Waals surface area contributed by atoms with Crippen LogP contribution in [0.2, 0.25) is 0 Å². The first-order valence-electron chi connectivity index (χ1n) is 8.99. The first kappa shape index (κ1) is 17.6. The summed E-state index contributed by atoms with van der Waals surface area (Å²) in [6, 6.07) is 20.8. The van der Waals surface area contributed by atoms with Gasteiger partial charge in [-0.05, 0) is 34.9 Å². The number of aliphatic carboxylic acids is 1. The van der Waals surface area contributed by atoms with E-state index in [1.807, 2.05) is 24.4 Å². The molecule has 0 saturated carbocycles. The number of carboxylic acid groups (broad SMARTS) is 1. The number of aromatic nitrogens is 2. The molecule has 27 heavy (non-hydrogen) atoms. The third-order valence-electron chi connectivity index (χ3n) is 4.60. The van der Waals surface area contributed by atoms with Gasteiger partial charge in [-0.2, -0.15) is 0 Å². The molecule has 1 N–H and O–H groups in total. The Morgan fingerprint density at radius 2 is 1.85 bits per heavy atom. The van der Waals surface area contributed by atoms with E-state index in [0.29, 0.717) is 6.42 Å². The van der Waals surface area contributed by atoms with Gasteiger partial charge in [0.15, 0.2) is 0 Å². The molecule has 0 amide bonds. The highest BCUT2D eigenvalue weighted by Crippen LogP contribution is 2.29. The van der Waals surface area contributed by atoms with Crippen LogP contribution in [0, 0.1) is 0 Å². The zero-order chi connectivity index (χ0) is 18.6. The number of pyridine rings is 1. The van der Waals surface area contributed by atoms with Gasteiger partial charge in [0, 0.05) is 24.8 Å². The summed E-state index contributed by atoms with van der Waals surface area (Å²) in [5.41, 5.74) is 3.35. The molecule has 0 spiro atoms. The molecule has 2 aromatic heterocycles. The average Bonchev–Trinajstić information content (AvgIpc) is 3.03. The predicted molar refractivity (Wildman–Crippen MR) is 110 cm³/mol. The van der Waals surface area contributed by atoms with Crippen LogP contribution in [0.25, 0.3) is 16.4 Å². The van der Waals surface area contributed by atoms with Crippen LogP contribution >= 0.6 is 11.8 Å². The summed E-state index contributed by atoms with van der Waals surface area (Å²) in [6.45, 7) is 0. The van der Waals surface area contributed by atoms with Gasteiger partial charge in [-0.3, -0.25) is 4.79 Å². The van der Waals surface area contributed by atoms with Gasteiger partial charge in [-0.15, -0.1) is 11.8 Å². The fraction of sp³-hybridized carbons (Fsp3) is 0.182. The van der Waals surface area contributed by atoms with Gasteiger partial charge in [-0.25, -0.2) is 4.98 Å². The largest absolute Gasteiger partial charge is 0.481 e. The molecule has 4 rings (SSSR count). The summed E-state index contributed by atoms with van der Waals surface area (Å²) in [7, 11) is 0. The third kappa shape index (κ3) is 3.83. The first-order chi connectivity index (χ1) is 13.2. The second kappa shape index (κ2) is 7.84. The lowest BCUT2D eigenvalue weighted by Crippen LogP contribution is -1.98. The zero-order valence-electron chi connectivity index (χ0n) is 14.8. The monoisotopic (exact) mass is 376 g/mol. The van der Waals surface area contributed by atoms with Crippen molar-refractivity contribution < 1.29 is 9.90 Å². The second-order valence-corrected chi connectivity index (χ2v) is 7.54. The van der Waals surface area contributed by atoms with Crippen molar-refractivity contribution in [2.45, 2.75) is 24.3 Å². The maximum Gasteiger partial charge on any atom is 0.303 e. The number of thioether (sulfide) groups is 1. The Labute approximate surface area is 161 Å². The number of carbonyl (C=O) groups is 1. The van der Waals surface area contributed by atoms with E-state index < -0.39 is 5.97 Å². The molecule has 0 saturated heterocycles. The van der Waals surface area contributed by atoms with Crippen molar-refractivity contribution in [3.05, 3.63) is 78.1 Å². The molecule has 0 unspecified atom stereocenters. The molecular formula is C22H20N2O2S. The maximum atomic E-state index is 10.8. The summed E-state index contributed by atoms with van der Waals surface area (Å²) in [4.78, 5) is 15.5. The van der Waals surface area contributed by atoms with Crippen molar-refractivity contribution >= 4 is 34.2 Å². The molecule has 2 aromatic carbocycles. The van der Waals surface area contributed by atoms with Gasteiger partial charge in [0.05, 0.1) is 5.69 Å². The molecule has 0 bridgehead atoms. The summed E-state index contributed by atoms with van der Waals surface area (Å²) in [6.07, 6.45) is 3.67. The molecule has 0 radical (unpaired) electrons. The standard InChI is InChI=1S/C22H20N2O2S/c25-21(26)12-6-14-27-22-19(24-13-4-3-11-20(24)23-22)15-17-9-5-8-16-7-1-2-10-18(16)17/h1-5,7-11,13H,6,12,14-15H2,(H,25,26). The number of hydrogen-bond acceptors (Lipinski definition) is 3. The average molecular weight is 376 g/mol. The molecule has 4 aromatic rings. The minimum Gasteiger partial charge on any atom is -0.481 e. The molecule has 136 valence electrons. The Morgan fingerprint density at radius 3 is 2.74 bits per heavy atom. The molecule has 2 heterocycles. The number of rotatable bonds is 7. The summed E-state index contributed by atoms with van der Waals surface area (Å²) >= 11 is 1.64. The topological polar surface area (TPSA) is 54.6 Å². The summed E-state index contributed by atoms with van der Waals surface area (Å²) in [5, 5.41) is 12.3. The van der Waals surface area contributed by atoms with Crippen LogP contribution in [0.15, 0.2) is 71.9 Å². The molecule has 0 aliphatic rings. The van der Waals surface area contributed by atoms with E-state index in [2.05, 4.69) is 46.9 Å². The number of carboxylic acids is 1. The molecular weight excluding hydrogens is 356 g/mol. The summed E-state index contributed by atoms with van der Waals surface area (Å²) < 4.78 is 2.14. The molecule has 0 aliphatic carbocycles. The van der Waals surface area contributed by atoms with E-state index in [1.165, 1.54) is 16.3 Å². The predicted octanol–water partition coefficient (Wildman–Crippen LogP) is 5.04. The molecule has 0 fully saturated rings. The van der Waals surface area contributed by atoms with Gasteiger partial charge in [0.1, 0.15) is 10.7 Å². The van der Waals surface area contributed by atoms with Crippen molar-refractivity contribution in [2.75, 3.05) is 5.75 Å². The lowest BCUT2D eigenvalue weighted by molar-refractivity contribution is -0.137. The van der Waals surface area contributed by atoms with E-state index in [-0.39, 0.29) is 6.42 Å². The van der Waals surface area contributed by atoms with Gasteiger partial charge >= 0.3 is 5.97 Å². The highest BCUT2D eigenvalue weighted by Gasteiger charge is 2.14. The van der Waals surface area contributed by atoms with E-state index >= 15 is 0 Å². The van der Waals surface area contributed by atoms with Crippen molar-refractivity contribution in [1.82, 2.24) is 9.38 Å². The SMILES string of the molecule is O=C(O)CCCSc1nc2ccccn2c1Cc1cccc2ccccc12. The lowest BCUT2D eigenvalue weighted by Gasteiger charge is -2.08. The van der Waals surface area contributed by atoms with Crippen LogP contribution in [0.1, 0.15) is 24.1 Å². The zero-order valence-corrected chi connectivity index (χ0v) is 15.7. The number of fused-ring (bicyclic) bond motifs is 2. The van der Waals surface area contributed by atoms with E-state index in [4.69, 9.17) is 10.1 Å². The van der Waals surface area contributed by atoms with Crippen LogP contribution in [0.3, 0.4) is 0 Å². The first-order valence-corrected chi connectivity index (χ1v) is 9.98. The Bertz CT molecular complexity index is 1100. The van der Waals surface area contributed by atoms with E-state index in [1.54, 1.807) is 11.8 Å². The van der Waals surface area contributed by atoms with Crippen molar-refractivity contribution in [3.63, 3.8) is 0 Å². The Morgan fingerprint density at radius 1 is 1.04 bits per heavy atom. The fourth-order valence-corrected chi connectivity index (χ4v) is 4.30. The van der Waals surface area contributed by atoms with Crippen LogP contribution in [0.5, 0.6) is 0 Å². The summed E-state index contributed by atoms with van der Waals surface area (Å²) in [5.74, 6) is 0.000193. The lowest BCUT2D eigenvalue weighted by atomic mass is 10.0. The minimum absolute atomic E-state index is 0.193. The Balaban J connectivity index is 1.69. The Kier molecular flexibility index (Phi) is 5.12. The van der Waals surface area contributed by atoms with Gasteiger partial charge in [-0.1, -0.05) is 48.5 Å². The number of benzene rings is 2. The molecule has 5 heteroatoms. The fourth-order valence-electron chi connectivity index (χ4n) is 3.32. The van der Waals surface area contributed by atoms with Crippen LogP contribution in [-0.4, -0.2) is 26.2 Å². The van der Waals surface area contributed by atoms with E-state index in [0.717, 1.165) is 28.5 Å². The highest BCUT2D eigenvalue weighted by molar-refractivity contribution is 7.99.